The number of likely N-dealkylation sites (N-methyl/N-ethyl adjacent to an activating group) is 1. The van der Waals surface area contributed by atoms with Crippen LogP contribution in [-0.4, -0.2) is 48.0 Å². The lowest BCUT2D eigenvalue weighted by molar-refractivity contribution is 0.100. The van der Waals surface area contributed by atoms with Crippen molar-refractivity contribution in [1.82, 2.24) is 14.9 Å². The Labute approximate surface area is 178 Å². The van der Waals surface area contributed by atoms with Crippen LogP contribution in [0.3, 0.4) is 0 Å². The monoisotopic (exact) mass is 424 g/mol. The van der Waals surface area contributed by atoms with Gasteiger partial charge in [0.1, 0.15) is 12.4 Å². The Morgan fingerprint density at radius 1 is 1.13 bits per heavy atom. The van der Waals surface area contributed by atoms with E-state index in [1.807, 2.05) is 31.1 Å². The highest BCUT2D eigenvalue weighted by Gasteiger charge is 2.11. The first kappa shape index (κ1) is 21.8. The van der Waals surface area contributed by atoms with Crippen molar-refractivity contribution in [3.63, 3.8) is 0 Å². The quantitative estimate of drug-likeness (QED) is 0.497. The topological polar surface area (TPSA) is 109 Å². The molecule has 0 atom stereocenters. The summed E-state index contributed by atoms with van der Waals surface area (Å²) in [6, 6.07) is 13.2. The van der Waals surface area contributed by atoms with Gasteiger partial charge in [-0.15, -0.1) is 4.91 Å². The predicted molar refractivity (Wildman–Crippen MR) is 116 cm³/mol. The lowest BCUT2D eigenvalue weighted by Gasteiger charge is -2.12. The van der Waals surface area contributed by atoms with E-state index < -0.39 is 11.7 Å². The molecule has 10 heteroatoms. The molecule has 3 rings (SSSR count). The van der Waals surface area contributed by atoms with Crippen molar-refractivity contribution in [3.8, 4) is 5.75 Å². The first-order valence-corrected chi connectivity index (χ1v) is 9.36. The Bertz CT molecular complexity index is 1080. The maximum atomic E-state index is 14.2. The van der Waals surface area contributed by atoms with Gasteiger partial charge in [0, 0.05) is 34.7 Å². The van der Waals surface area contributed by atoms with E-state index in [1.165, 1.54) is 12.1 Å². The van der Waals surface area contributed by atoms with Crippen LogP contribution < -0.4 is 15.4 Å². The molecule has 0 fully saturated rings. The van der Waals surface area contributed by atoms with E-state index in [-0.39, 0.29) is 17.3 Å². The summed E-state index contributed by atoms with van der Waals surface area (Å²) in [5, 5.41) is 8.16. The van der Waals surface area contributed by atoms with E-state index in [9.17, 15) is 14.1 Å². The number of anilines is 4. The van der Waals surface area contributed by atoms with E-state index in [0.29, 0.717) is 23.7 Å². The summed E-state index contributed by atoms with van der Waals surface area (Å²) in [6.07, 6.45) is 1.02. The van der Waals surface area contributed by atoms with Gasteiger partial charge >= 0.3 is 5.91 Å². The molecular weight excluding hydrogens is 403 g/mol. The number of carbonyl (C=O) groups is 1. The Morgan fingerprint density at radius 3 is 2.61 bits per heavy atom. The smallest absolute Gasteiger partial charge is 0.316 e. The third-order valence-corrected chi connectivity index (χ3v) is 4.10. The number of nitroso groups, excluding NO2 is 1. The molecule has 9 nitrogen and oxygen atoms in total. The van der Waals surface area contributed by atoms with Gasteiger partial charge in [-0.25, -0.2) is 9.37 Å². The number of hydrogen-bond donors (Lipinski definition) is 2. The molecule has 0 aliphatic heterocycles. The summed E-state index contributed by atoms with van der Waals surface area (Å²) in [7, 11) is 3.93. The summed E-state index contributed by atoms with van der Waals surface area (Å²) in [5.74, 6) is -0.855. The second-order valence-electron chi connectivity index (χ2n) is 6.80. The third-order valence-electron chi connectivity index (χ3n) is 4.10. The fourth-order valence-electron chi connectivity index (χ4n) is 2.57. The first-order chi connectivity index (χ1) is 14.9. The second-order valence-corrected chi connectivity index (χ2v) is 6.80. The van der Waals surface area contributed by atoms with Crippen LogP contribution in [0.25, 0.3) is 0 Å². The van der Waals surface area contributed by atoms with Gasteiger partial charge in [-0.2, -0.15) is 4.98 Å². The average molecular weight is 424 g/mol. The SMILES string of the molecule is CN(C)CCOc1cccc(Nc2ncc(F)c(Nc3cccc(C(=O)N=O)c3)n2)c1. The van der Waals surface area contributed by atoms with Gasteiger partial charge in [-0.05, 0) is 44.4 Å². The van der Waals surface area contributed by atoms with Gasteiger partial charge in [0.15, 0.2) is 11.6 Å². The molecule has 0 saturated carbocycles. The molecule has 1 amide bonds. The Balaban J connectivity index is 1.73. The van der Waals surface area contributed by atoms with Crippen molar-refractivity contribution in [2.75, 3.05) is 37.9 Å². The van der Waals surface area contributed by atoms with Crippen molar-refractivity contribution in [2.24, 2.45) is 5.18 Å². The second kappa shape index (κ2) is 10.2. The van der Waals surface area contributed by atoms with Gasteiger partial charge in [-0.1, -0.05) is 12.1 Å². The number of benzene rings is 2. The minimum Gasteiger partial charge on any atom is -0.492 e. The number of rotatable bonds is 9. The summed E-state index contributed by atoms with van der Waals surface area (Å²) >= 11 is 0. The maximum Gasteiger partial charge on any atom is 0.316 e. The standard InChI is InChI=1S/C21H21FN6O3/c1-28(2)9-10-31-17-8-4-7-16(12-17)25-21-23-13-18(22)19(26-21)24-15-6-3-5-14(11-15)20(29)27-30/h3-8,11-13H,9-10H2,1-2H3,(H2,23,24,25,26). The molecule has 0 aliphatic rings. The van der Waals surface area contributed by atoms with Crippen LogP contribution >= 0.6 is 0 Å². The highest BCUT2D eigenvalue weighted by atomic mass is 19.1. The number of hydrogen-bond acceptors (Lipinski definition) is 8. The molecule has 0 unspecified atom stereocenters. The van der Waals surface area contributed by atoms with Gasteiger partial charge in [0.05, 0.1) is 6.20 Å². The maximum absolute atomic E-state index is 14.2. The highest BCUT2D eigenvalue weighted by Crippen LogP contribution is 2.23. The molecular formula is C21H21FN6O3. The van der Waals surface area contributed by atoms with Crippen molar-refractivity contribution in [2.45, 2.75) is 0 Å². The van der Waals surface area contributed by atoms with Crippen LogP contribution in [0.2, 0.25) is 0 Å². The van der Waals surface area contributed by atoms with Crippen LogP contribution in [0.4, 0.5) is 27.5 Å². The lowest BCUT2D eigenvalue weighted by Crippen LogP contribution is -2.19. The van der Waals surface area contributed by atoms with E-state index in [1.54, 1.807) is 24.3 Å². The summed E-state index contributed by atoms with van der Waals surface area (Å²) in [5.41, 5.74) is 1.12. The third kappa shape index (κ3) is 6.28. The minimum absolute atomic E-state index is 0.0823. The zero-order chi connectivity index (χ0) is 22.2. The van der Waals surface area contributed by atoms with E-state index >= 15 is 0 Å². The van der Waals surface area contributed by atoms with Gasteiger partial charge in [-0.3, -0.25) is 4.79 Å². The number of halogens is 1. The van der Waals surface area contributed by atoms with Crippen molar-refractivity contribution in [1.29, 1.82) is 0 Å². The minimum atomic E-state index is -0.915. The fraction of sp³-hybridized carbons (Fsp3) is 0.190. The Hall–Kier alpha value is -3.92. The zero-order valence-corrected chi connectivity index (χ0v) is 17.0. The van der Waals surface area contributed by atoms with Crippen LogP contribution in [-0.2, 0) is 0 Å². The number of aromatic nitrogens is 2. The molecule has 0 radical (unpaired) electrons. The molecule has 3 aromatic rings. The fourth-order valence-corrected chi connectivity index (χ4v) is 2.57. The number of ether oxygens (including phenoxy) is 1. The average Bonchev–Trinajstić information content (AvgIpc) is 2.76. The molecule has 2 aromatic carbocycles. The molecule has 0 saturated heterocycles. The van der Waals surface area contributed by atoms with Crippen molar-refractivity contribution in [3.05, 3.63) is 71.0 Å². The molecule has 2 N–H and O–H groups in total. The van der Waals surface area contributed by atoms with E-state index in [0.717, 1.165) is 12.7 Å². The molecule has 0 spiro atoms. The Morgan fingerprint density at radius 2 is 1.87 bits per heavy atom. The summed E-state index contributed by atoms with van der Waals surface area (Å²) < 4.78 is 19.9. The molecule has 0 bridgehead atoms. The van der Waals surface area contributed by atoms with Gasteiger partial charge in [0.25, 0.3) is 0 Å². The van der Waals surface area contributed by atoms with Gasteiger partial charge in [0.2, 0.25) is 5.95 Å². The highest BCUT2D eigenvalue weighted by molar-refractivity contribution is 5.95. The lowest BCUT2D eigenvalue weighted by atomic mass is 10.2. The van der Waals surface area contributed by atoms with Crippen LogP contribution in [0, 0.1) is 10.7 Å². The summed E-state index contributed by atoms with van der Waals surface area (Å²) in [4.78, 5) is 32.0. The van der Waals surface area contributed by atoms with Crippen LogP contribution in [0.1, 0.15) is 10.4 Å². The van der Waals surface area contributed by atoms with E-state index in [2.05, 4.69) is 25.8 Å². The number of nitrogens with one attached hydrogen (secondary N) is 2. The van der Waals surface area contributed by atoms with Crippen molar-refractivity contribution < 1.29 is 13.9 Å². The Kier molecular flexibility index (Phi) is 7.17. The molecule has 0 aliphatic carbocycles. The number of carbonyl (C=O) groups excluding carboxylic acids is 1. The molecule has 31 heavy (non-hydrogen) atoms. The van der Waals surface area contributed by atoms with Crippen LogP contribution in [0.5, 0.6) is 5.75 Å². The molecule has 160 valence electrons. The first-order valence-electron chi connectivity index (χ1n) is 9.36. The number of amides is 1. The van der Waals surface area contributed by atoms with Gasteiger partial charge < -0.3 is 20.3 Å². The predicted octanol–water partition coefficient (Wildman–Crippen LogP) is 3.95. The normalized spacial score (nSPS) is 10.6. The van der Waals surface area contributed by atoms with Crippen LogP contribution in [0.15, 0.2) is 59.9 Å². The van der Waals surface area contributed by atoms with E-state index in [4.69, 9.17) is 4.74 Å². The van der Waals surface area contributed by atoms with Crippen molar-refractivity contribution >= 4 is 29.0 Å². The molecule has 1 heterocycles. The number of nitrogens with zero attached hydrogens (tertiary/aromatic N) is 4. The largest absolute Gasteiger partial charge is 0.492 e. The summed E-state index contributed by atoms with van der Waals surface area (Å²) in [6.45, 7) is 1.32. The zero-order valence-electron chi connectivity index (χ0n) is 17.0. The molecule has 1 aromatic heterocycles.